The molecule has 0 saturated heterocycles. The quantitative estimate of drug-likeness (QED) is 0.550. The second-order valence-corrected chi connectivity index (χ2v) is 7.46. The fraction of sp³-hybridized carbons (Fsp3) is 0.579. The Bertz CT molecular complexity index is 574. The summed E-state index contributed by atoms with van der Waals surface area (Å²) < 4.78 is 0. The molecule has 1 aliphatic carbocycles. The zero-order valence-corrected chi connectivity index (χ0v) is 16.0. The molecule has 0 aromatic heterocycles. The Hall–Kier alpha value is -1.53. The van der Waals surface area contributed by atoms with Gasteiger partial charge >= 0.3 is 0 Å². The number of carbonyl (C=O) groups is 2. The summed E-state index contributed by atoms with van der Waals surface area (Å²) in [6, 6.07) is 7.86. The lowest BCUT2D eigenvalue weighted by Gasteiger charge is -2.31. The van der Waals surface area contributed by atoms with Crippen molar-refractivity contribution in [2.75, 3.05) is 32.9 Å². The Morgan fingerprint density at radius 2 is 1.88 bits per heavy atom. The maximum absolute atomic E-state index is 12.5. The van der Waals surface area contributed by atoms with E-state index in [1.54, 1.807) is 0 Å². The second-order valence-electron chi connectivity index (χ2n) is 6.44. The highest BCUT2D eigenvalue weighted by Crippen LogP contribution is 2.25. The van der Waals surface area contributed by atoms with Gasteiger partial charge in [-0.1, -0.05) is 31.4 Å². The van der Waals surface area contributed by atoms with Gasteiger partial charge in [0.05, 0.1) is 11.3 Å². The molecule has 25 heavy (non-hydrogen) atoms. The van der Waals surface area contributed by atoms with Crippen molar-refractivity contribution in [1.82, 2.24) is 15.5 Å². The Morgan fingerprint density at radius 1 is 1.16 bits per heavy atom. The molecule has 1 aliphatic rings. The number of thioether (sulfide) groups is 1. The van der Waals surface area contributed by atoms with Gasteiger partial charge in [0.25, 0.3) is 5.91 Å². The number of hydrogen-bond donors (Lipinski definition) is 2. The Kier molecular flexibility index (Phi) is 8.28. The minimum absolute atomic E-state index is 0.0913. The molecule has 5 nitrogen and oxygen atoms in total. The number of nitrogens with one attached hydrogen (secondary N) is 2. The van der Waals surface area contributed by atoms with E-state index in [9.17, 15) is 9.59 Å². The first-order valence-corrected chi connectivity index (χ1v) is 10.0. The van der Waals surface area contributed by atoms with Crippen LogP contribution in [-0.2, 0) is 4.79 Å². The summed E-state index contributed by atoms with van der Waals surface area (Å²) in [6.45, 7) is 1.31. The van der Waals surface area contributed by atoms with Gasteiger partial charge in [0.1, 0.15) is 0 Å². The molecule has 6 heteroatoms. The number of hydrogen-bond acceptors (Lipinski definition) is 4. The summed E-state index contributed by atoms with van der Waals surface area (Å²) in [5.41, 5.74) is 0.636. The van der Waals surface area contributed by atoms with E-state index < -0.39 is 0 Å². The van der Waals surface area contributed by atoms with Gasteiger partial charge < -0.3 is 15.5 Å². The summed E-state index contributed by atoms with van der Waals surface area (Å²) in [5, 5.41) is 5.89. The monoisotopic (exact) mass is 363 g/mol. The van der Waals surface area contributed by atoms with Crippen molar-refractivity contribution in [3.05, 3.63) is 29.8 Å². The van der Waals surface area contributed by atoms with E-state index in [0.717, 1.165) is 24.3 Å². The Balaban J connectivity index is 1.91. The molecular weight excluding hydrogens is 334 g/mol. The normalized spacial score (nSPS) is 15.0. The number of rotatable bonds is 8. The molecule has 0 heterocycles. The number of amides is 2. The molecule has 0 spiro atoms. The summed E-state index contributed by atoms with van der Waals surface area (Å²) in [5.74, 6) is 0.419. The number of benzene rings is 1. The van der Waals surface area contributed by atoms with Crippen LogP contribution in [0.3, 0.4) is 0 Å². The van der Waals surface area contributed by atoms with Crippen molar-refractivity contribution in [3.63, 3.8) is 0 Å². The molecule has 2 amide bonds. The minimum Gasteiger partial charge on any atom is -0.351 e. The maximum atomic E-state index is 12.5. The Labute approximate surface area is 154 Å². The van der Waals surface area contributed by atoms with E-state index in [0.29, 0.717) is 23.9 Å². The van der Waals surface area contributed by atoms with Gasteiger partial charge in [0, 0.05) is 31.1 Å². The largest absolute Gasteiger partial charge is 0.351 e. The summed E-state index contributed by atoms with van der Waals surface area (Å²) in [7, 11) is 3.76. The average molecular weight is 364 g/mol. The molecule has 0 bridgehead atoms. The Morgan fingerprint density at radius 3 is 2.60 bits per heavy atom. The van der Waals surface area contributed by atoms with Crippen molar-refractivity contribution in [2.24, 2.45) is 0 Å². The molecule has 1 aromatic rings. The summed E-state index contributed by atoms with van der Waals surface area (Å²) in [6.07, 6.45) is 5.92. The highest BCUT2D eigenvalue weighted by atomic mass is 32.2. The van der Waals surface area contributed by atoms with E-state index in [1.165, 1.54) is 31.0 Å². The minimum atomic E-state index is -0.0913. The predicted octanol–water partition coefficient (Wildman–Crippen LogP) is 2.52. The molecule has 0 atom stereocenters. The van der Waals surface area contributed by atoms with Crippen LogP contribution in [0.4, 0.5) is 0 Å². The highest BCUT2D eigenvalue weighted by molar-refractivity contribution is 8.00. The van der Waals surface area contributed by atoms with E-state index in [2.05, 4.69) is 10.6 Å². The van der Waals surface area contributed by atoms with Crippen molar-refractivity contribution in [3.8, 4) is 0 Å². The summed E-state index contributed by atoms with van der Waals surface area (Å²) in [4.78, 5) is 27.6. The zero-order chi connectivity index (χ0) is 18.1. The van der Waals surface area contributed by atoms with Crippen LogP contribution in [-0.4, -0.2) is 55.7 Å². The first-order chi connectivity index (χ1) is 12.1. The third-order valence-corrected chi connectivity index (χ3v) is 5.72. The van der Waals surface area contributed by atoms with Gasteiger partial charge in [-0.25, -0.2) is 0 Å². The third-order valence-electron chi connectivity index (χ3n) is 4.66. The standard InChI is InChI=1S/C19H29N3O2S/c1-20-12-13-21-19(24)16-10-6-7-11-17(16)25-14-18(23)22(2)15-8-4-3-5-9-15/h6-7,10-11,15,20H,3-5,8-9,12-14H2,1-2H3,(H,21,24). The van der Waals surface area contributed by atoms with Gasteiger partial charge in [-0.3, -0.25) is 9.59 Å². The lowest BCUT2D eigenvalue weighted by atomic mass is 9.94. The first-order valence-electron chi connectivity index (χ1n) is 9.03. The summed E-state index contributed by atoms with van der Waals surface area (Å²) >= 11 is 1.45. The number of likely N-dealkylation sites (N-methyl/N-ethyl adjacent to an activating group) is 1. The van der Waals surface area contributed by atoms with Crippen LogP contribution in [0.25, 0.3) is 0 Å². The SMILES string of the molecule is CNCCNC(=O)c1ccccc1SCC(=O)N(C)C1CCCCC1. The fourth-order valence-electron chi connectivity index (χ4n) is 3.09. The molecule has 138 valence electrons. The number of carbonyl (C=O) groups excluding carboxylic acids is 2. The van der Waals surface area contributed by atoms with Gasteiger partial charge in [-0.2, -0.15) is 0 Å². The smallest absolute Gasteiger partial charge is 0.252 e. The van der Waals surface area contributed by atoms with Crippen molar-refractivity contribution in [2.45, 2.75) is 43.0 Å². The first kappa shape index (κ1) is 19.8. The highest BCUT2D eigenvalue weighted by Gasteiger charge is 2.22. The van der Waals surface area contributed by atoms with Gasteiger partial charge in [0.15, 0.2) is 0 Å². The molecule has 1 saturated carbocycles. The molecule has 0 aliphatic heterocycles. The van der Waals surface area contributed by atoms with Crippen LogP contribution in [0.2, 0.25) is 0 Å². The van der Waals surface area contributed by atoms with E-state index in [1.807, 2.05) is 43.3 Å². The molecule has 1 fully saturated rings. The van der Waals surface area contributed by atoms with Crippen LogP contribution in [0.5, 0.6) is 0 Å². The molecule has 0 radical (unpaired) electrons. The van der Waals surface area contributed by atoms with Crippen LogP contribution in [0.15, 0.2) is 29.2 Å². The van der Waals surface area contributed by atoms with Crippen molar-refractivity contribution >= 4 is 23.6 Å². The molecule has 2 rings (SSSR count). The van der Waals surface area contributed by atoms with Crippen LogP contribution in [0.1, 0.15) is 42.5 Å². The van der Waals surface area contributed by atoms with Gasteiger partial charge in [-0.15, -0.1) is 11.8 Å². The van der Waals surface area contributed by atoms with Gasteiger partial charge in [0.2, 0.25) is 5.91 Å². The van der Waals surface area contributed by atoms with Crippen LogP contribution in [0, 0.1) is 0 Å². The van der Waals surface area contributed by atoms with Crippen molar-refractivity contribution in [1.29, 1.82) is 0 Å². The molecule has 1 aromatic carbocycles. The maximum Gasteiger partial charge on any atom is 0.252 e. The zero-order valence-electron chi connectivity index (χ0n) is 15.2. The average Bonchev–Trinajstić information content (AvgIpc) is 2.66. The van der Waals surface area contributed by atoms with Gasteiger partial charge in [-0.05, 0) is 32.0 Å². The number of nitrogens with zero attached hydrogens (tertiary/aromatic N) is 1. The lowest BCUT2D eigenvalue weighted by Crippen LogP contribution is -2.39. The molecule has 2 N–H and O–H groups in total. The topological polar surface area (TPSA) is 61.4 Å². The van der Waals surface area contributed by atoms with E-state index in [4.69, 9.17) is 0 Å². The van der Waals surface area contributed by atoms with E-state index in [-0.39, 0.29) is 11.8 Å². The second kappa shape index (κ2) is 10.5. The fourth-order valence-corrected chi connectivity index (χ4v) is 4.06. The molecular formula is C19H29N3O2S. The lowest BCUT2D eigenvalue weighted by molar-refractivity contribution is -0.129. The third kappa shape index (κ3) is 6.04. The van der Waals surface area contributed by atoms with Crippen molar-refractivity contribution < 1.29 is 9.59 Å². The van der Waals surface area contributed by atoms with Crippen LogP contribution >= 0.6 is 11.8 Å². The molecule has 0 unspecified atom stereocenters. The predicted molar refractivity (Wildman–Crippen MR) is 103 cm³/mol. The van der Waals surface area contributed by atoms with Crippen LogP contribution < -0.4 is 10.6 Å². The van der Waals surface area contributed by atoms with E-state index >= 15 is 0 Å².